The first-order valence-electron chi connectivity index (χ1n) is 1.91. The molecular weight excluding hydrogens is 70.9 g/mol. The maximum atomic E-state index is 4.98. The van der Waals surface area contributed by atoms with Gasteiger partial charge in [-0.25, -0.2) is 0 Å². The van der Waals surface area contributed by atoms with Crippen molar-refractivity contribution >= 4 is 7.85 Å². The van der Waals surface area contributed by atoms with Gasteiger partial charge >= 0.3 is 0 Å². The molecule has 0 heterocycles. The molecule has 0 nitrogen and oxygen atoms in total. The Morgan fingerprint density at radius 3 is 2.17 bits per heavy atom. The lowest BCUT2D eigenvalue weighted by Crippen LogP contribution is -1.46. The summed E-state index contributed by atoms with van der Waals surface area (Å²) in [4.78, 5) is 0. The SMILES string of the molecule is [B]/C=C\C=C/C. The van der Waals surface area contributed by atoms with E-state index in [2.05, 4.69) is 0 Å². The minimum Gasteiger partial charge on any atom is -0.132 e. The highest BCUT2D eigenvalue weighted by Gasteiger charge is 1.48. The summed E-state index contributed by atoms with van der Waals surface area (Å²) < 4.78 is 0. The molecular formula is C5H7B. The van der Waals surface area contributed by atoms with E-state index in [9.17, 15) is 0 Å². The second-order valence-electron chi connectivity index (χ2n) is 0.911. The summed E-state index contributed by atoms with van der Waals surface area (Å²) in [6.45, 7) is 1.94. The van der Waals surface area contributed by atoms with Crippen LogP contribution in [0.1, 0.15) is 6.92 Å². The molecule has 1 heteroatoms. The lowest BCUT2D eigenvalue weighted by molar-refractivity contribution is 1.74. The molecule has 2 radical (unpaired) electrons. The fourth-order valence-corrected chi connectivity index (χ4v) is 0.175. The van der Waals surface area contributed by atoms with Crippen molar-refractivity contribution in [1.82, 2.24) is 0 Å². The van der Waals surface area contributed by atoms with Crippen molar-refractivity contribution < 1.29 is 0 Å². The molecule has 0 aliphatic heterocycles. The molecule has 0 amide bonds. The van der Waals surface area contributed by atoms with Gasteiger partial charge in [0.05, 0.1) is 0 Å². The van der Waals surface area contributed by atoms with Crippen molar-refractivity contribution in [3.63, 3.8) is 0 Å². The van der Waals surface area contributed by atoms with Gasteiger partial charge in [0.15, 0.2) is 0 Å². The highest BCUT2D eigenvalue weighted by atomic mass is 13.5. The van der Waals surface area contributed by atoms with Crippen molar-refractivity contribution in [2.75, 3.05) is 0 Å². The van der Waals surface area contributed by atoms with Crippen LogP contribution in [-0.2, 0) is 0 Å². The molecule has 0 saturated carbocycles. The summed E-state index contributed by atoms with van der Waals surface area (Å²) in [5, 5.41) is 0. The third-order valence-electron chi connectivity index (χ3n) is 0.415. The fraction of sp³-hybridized carbons (Fsp3) is 0.200. The van der Waals surface area contributed by atoms with Crippen LogP contribution in [-0.4, -0.2) is 7.85 Å². The van der Waals surface area contributed by atoms with Crippen molar-refractivity contribution in [3.05, 3.63) is 24.2 Å². The molecule has 0 rings (SSSR count). The van der Waals surface area contributed by atoms with Crippen LogP contribution in [0, 0.1) is 0 Å². The average molecular weight is 77.9 g/mol. The summed E-state index contributed by atoms with van der Waals surface area (Å²) in [6.07, 6.45) is 5.57. The quantitative estimate of drug-likeness (QED) is 0.327. The molecule has 0 bridgehead atoms. The van der Waals surface area contributed by atoms with Crippen LogP contribution < -0.4 is 0 Å². The average Bonchev–Trinajstić information content (AvgIpc) is 1.61. The number of hydrogen-bond acceptors (Lipinski definition) is 0. The minimum atomic E-state index is 1.50. The van der Waals surface area contributed by atoms with Crippen LogP contribution >= 0.6 is 0 Å². The Morgan fingerprint density at radius 1 is 1.33 bits per heavy atom. The molecule has 0 aromatic carbocycles. The van der Waals surface area contributed by atoms with E-state index in [1.807, 2.05) is 19.1 Å². The van der Waals surface area contributed by atoms with E-state index in [1.165, 1.54) is 5.98 Å². The Hall–Kier alpha value is -0.455. The Balaban J connectivity index is 3.07. The number of rotatable bonds is 1. The minimum absolute atomic E-state index is 1.50. The van der Waals surface area contributed by atoms with Crippen LogP contribution in [0.2, 0.25) is 0 Å². The molecule has 0 N–H and O–H groups in total. The number of hydrogen-bond donors (Lipinski definition) is 0. The zero-order chi connectivity index (χ0) is 4.83. The van der Waals surface area contributed by atoms with Gasteiger partial charge in [-0.2, -0.15) is 0 Å². The molecule has 0 aromatic heterocycles. The Labute approximate surface area is 40.0 Å². The van der Waals surface area contributed by atoms with Gasteiger partial charge in [-0.1, -0.05) is 18.2 Å². The first-order chi connectivity index (χ1) is 2.91. The molecule has 0 spiro atoms. The van der Waals surface area contributed by atoms with Gasteiger partial charge in [0.1, 0.15) is 7.85 Å². The second-order valence-corrected chi connectivity index (χ2v) is 0.911. The van der Waals surface area contributed by atoms with E-state index < -0.39 is 0 Å². The maximum absolute atomic E-state index is 4.98. The van der Waals surface area contributed by atoms with Gasteiger partial charge in [0.25, 0.3) is 0 Å². The molecule has 30 valence electrons. The highest BCUT2D eigenvalue weighted by Crippen LogP contribution is 1.68. The smallest absolute Gasteiger partial charge is 0.102 e. The number of allylic oxidation sites excluding steroid dienone is 3. The van der Waals surface area contributed by atoms with E-state index in [0.717, 1.165) is 0 Å². The molecule has 0 saturated heterocycles. The van der Waals surface area contributed by atoms with Crippen LogP contribution in [0.5, 0.6) is 0 Å². The van der Waals surface area contributed by atoms with Crippen molar-refractivity contribution in [2.45, 2.75) is 6.92 Å². The Morgan fingerprint density at radius 2 is 2.00 bits per heavy atom. The van der Waals surface area contributed by atoms with Crippen LogP contribution in [0.15, 0.2) is 24.2 Å². The molecule has 0 aromatic rings. The molecule has 0 atom stereocenters. The van der Waals surface area contributed by atoms with Crippen molar-refractivity contribution in [1.29, 1.82) is 0 Å². The normalized spacial score (nSPS) is 11.5. The predicted octanol–water partition coefficient (Wildman–Crippen LogP) is 1.24. The van der Waals surface area contributed by atoms with Gasteiger partial charge in [0, 0.05) is 0 Å². The lowest BCUT2D eigenvalue weighted by atomic mass is 10.1. The van der Waals surface area contributed by atoms with E-state index in [0.29, 0.717) is 0 Å². The monoisotopic (exact) mass is 78.1 g/mol. The van der Waals surface area contributed by atoms with Gasteiger partial charge < -0.3 is 0 Å². The first-order valence-corrected chi connectivity index (χ1v) is 1.91. The van der Waals surface area contributed by atoms with Crippen LogP contribution in [0.25, 0.3) is 0 Å². The van der Waals surface area contributed by atoms with Gasteiger partial charge in [-0.15, -0.1) is 5.98 Å². The summed E-state index contributed by atoms with van der Waals surface area (Å²) in [6, 6.07) is 0. The van der Waals surface area contributed by atoms with Gasteiger partial charge in [-0.05, 0) is 6.92 Å². The maximum Gasteiger partial charge on any atom is 0.102 e. The van der Waals surface area contributed by atoms with E-state index in [1.54, 1.807) is 6.08 Å². The topological polar surface area (TPSA) is 0 Å². The van der Waals surface area contributed by atoms with Gasteiger partial charge in [-0.3, -0.25) is 0 Å². The summed E-state index contributed by atoms with van der Waals surface area (Å²) in [5.74, 6) is 1.50. The standard InChI is InChI=1S/C5H7B/c1-2-3-4-5-6/h2-5H,1H3/b3-2-,5-4-. The van der Waals surface area contributed by atoms with Crippen LogP contribution in [0.4, 0.5) is 0 Å². The van der Waals surface area contributed by atoms with Crippen molar-refractivity contribution in [3.8, 4) is 0 Å². The zero-order valence-corrected chi connectivity index (χ0v) is 3.89. The zero-order valence-electron chi connectivity index (χ0n) is 3.89. The first kappa shape index (κ1) is 5.54. The summed E-state index contributed by atoms with van der Waals surface area (Å²) >= 11 is 0. The van der Waals surface area contributed by atoms with E-state index in [4.69, 9.17) is 7.85 Å². The van der Waals surface area contributed by atoms with E-state index in [-0.39, 0.29) is 0 Å². The summed E-state index contributed by atoms with van der Waals surface area (Å²) in [7, 11) is 4.98. The molecule has 6 heavy (non-hydrogen) atoms. The predicted molar refractivity (Wildman–Crippen MR) is 29.7 cm³/mol. The molecule has 0 aliphatic carbocycles. The lowest BCUT2D eigenvalue weighted by Gasteiger charge is -1.62. The largest absolute Gasteiger partial charge is 0.132 e. The van der Waals surface area contributed by atoms with Crippen molar-refractivity contribution in [2.24, 2.45) is 0 Å². The molecule has 0 unspecified atom stereocenters. The molecule has 0 aliphatic rings. The van der Waals surface area contributed by atoms with E-state index >= 15 is 0 Å². The highest BCUT2D eigenvalue weighted by molar-refractivity contribution is 6.17. The van der Waals surface area contributed by atoms with Crippen LogP contribution in [0.3, 0.4) is 0 Å². The third-order valence-corrected chi connectivity index (χ3v) is 0.415. The Kier molecular flexibility index (Phi) is 4.20. The third kappa shape index (κ3) is 3.54. The second kappa shape index (κ2) is 4.54. The fourth-order valence-electron chi connectivity index (χ4n) is 0.175. The molecule has 0 fully saturated rings. The summed E-state index contributed by atoms with van der Waals surface area (Å²) in [5.41, 5.74) is 0. The van der Waals surface area contributed by atoms with Gasteiger partial charge in [0.2, 0.25) is 0 Å². The Bertz CT molecular complexity index is 52.3.